The average Bonchev–Trinajstić information content (AvgIpc) is 2.63. The van der Waals surface area contributed by atoms with Crippen LogP contribution < -0.4 is 11.5 Å². The first-order chi connectivity index (χ1) is 7.80. The first-order valence-corrected chi connectivity index (χ1v) is 5.85. The van der Waals surface area contributed by atoms with Crippen molar-refractivity contribution >= 4 is 11.9 Å². The zero-order valence-electron chi connectivity index (χ0n) is 9.82. The number of carbonyl (C=O) groups is 2. The van der Waals surface area contributed by atoms with Crippen LogP contribution in [0, 0.1) is 0 Å². The maximum absolute atomic E-state index is 10.4. The topological polar surface area (TPSA) is 127 Å². The Balaban J connectivity index is 0.000000171. The van der Waals surface area contributed by atoms with Gasteiger partial charge in [0.05, 0.1) is 0 Å². The van der Waals surface area contributed by atoms with Crippen LogP contribution in [0.5, 0.6) is 0 Å². The van der Waals surface area contributed by atoms with E-state index in [-0.39, 0.29) is 0 Å². The maximum Gasteiger partial charge on any atom is 0.323 e. The second-order valence-electron chi connectivity index (χ2n) is 4.98. The highest BCUT2D eigenvalue weighted by Gasteiger charge is 2.40. The van der Waals surface area contributed by atoms with Crippen molar-refractivity contribution in [1.82, 2.24) is 0 Å². The second kappa shape index (κ2) is 5.01. The van der Waals surface area contributed by atoms with E-state index in [1.807, 2.05) is 0 Å². The molecule has 6 heteroatoms. The number of carboxylic acid groups (broad SMARTS) is 2. The molecule has 0 atom stereocenters. The molecule has 0 saturated heterocycles. The largest absolute Gasteiger partial charge is 0.480 e. The van der Waals surface area contributed by atoms with Crippen molar-refractivity contribution in [3.05, 3.63) is 0 Å². The van der Waals surface area contributed by atoms with Crippen molar-refractivity contribution in [2.24, 2.45) is 11.5 Å². The molecule has 0 bridgehead atoms. The van der Waals surface area contributed by atoms with E-state index in [9.17, 15) is 9.59 Å². The van der Waals surface area contributed by atoms with E-state index in [1.165, 1.54) is 0 Å². The number of nitrogens with two attached hydrogens (primary N) is 2. The minimum absolute atomic E-state index is 0.641. The van der Waals surface area contributed by atoms with Crippen molar-refractivity contribution in [1.29, 1.82) is 0 Å². The Hall–Kier alpha value is -1.14. The average molecular weight is 244 g/mol. The summed E-state index contributed by atoms with van der Waals surface area (Å²) >= 11 is 0. The molecule has 0 spiro atoms. The number of aliphatic carboxylic acids is 2. The molecule has 0 aromatic rings. The summed E-state index contributed by atoms with van der Waals surface area (Å²) < 4.78 is 0. The summed E-state index contributed by atoms with van der Waals surface area (Å²) in [5, 5.41) is 16.9. The lowest BCUT2D eigenvalue weighted by Gasteiger charge is -2.32. The Morgan fingerprint density at radius 2 is 1.06 bits per heavy atom. The third kappa shape index (κ3) is 3.17. The molecule has 98 valence electrons. The van der Waals surface area contributed by atoms with Crippen molar-refractivity contribution in [3.8, 4) is 0 Å². The van der Waals surface area contributed by atoms with Crippen LogP contribution in [-0.2, 0) is 9.59 Å². The lowest BCUT2D eigenvalue weighted by atomic mass is 9.78. The molecular formula is C11H20N2O4. The molecule has 2 aliphatic carbocycles. The molecule has 0 aliphatic heterocycles. The van der Waals surface area contributed by atoms with Crippen molar-refractivity contribution < 1.29 is 19.8 Å². The molecule has 2 rings (SSSR count). The lowest BCUT2D eigenvalue weighted by Crippen LogP contribution is -2.53. The molecule has 2 saturated carbocycles. The fraction of sp³-hybridized carbons (Fsp3) is 0.818. The van der Waals surface area contributed by atoms with Crippen LogP contribution in [0.1, 0.15) is 44.9 Å². The van der Waals surface area contributed by atoms with Gasteiger partial charge < -0.3 is 21.7 Å². The number of carboxylic acids is 2. The molecule has 0 aromatic heterocycles. The highest BCUT2D eigenvalue weighted by Crippen LogP contribution is 2.28. The summed E-state index contributed by atoms with van der Waals surface area (Å²) in [6, 6.07) is 0. The molecule has 6 nitrogen and oxygen atoms in total. The predicted molar refractivity (Wildman–Crippen MR) is 61.4 cm³/mol. The fourth-order valence-electron chi connectivity index (χ4n) is 1.99. The van der Waals surface area contributed by atoms with E-state index in [0.717, 1.165) is 19.3 Å². The van der Waals surface area contributed by atoms with Gasteiger partial charge in [-0.2, -0.15) is 0 Å². The molecule has 6 N–H and O–H groups in total. The van der Waals surface area contributed by atoms with E-state index in [4.69, 9.17) is 21.7 Å². The molecule has 2 aliphatic rings. The minimum atomic E-state index is -0.889. The summed E-state index contributed by atoms with van der Waals surface area (Å²) in [6.07, 6.45) is 5.45. The third-order valence-corrected chi connectivity index (χ3v) is 3.59. The molecule has 0 heterocycles. The summed E-state index contributed by atoms with van der Waals surface area (Å²) in [4.78, 5) is 20.6. The van der Waals surface area contributed by atoms with E-state index in [2.05, 4.69) is 0 Å². The minimum Gasteiger partial charge on any atom is -0.480 e. The molecule has 17 heavy (non-hydrogen) atoms. The van der Waals surface area contributed by atoms with E-state index in [0.29, 0.717) is 25.7 Å². The van der Waals surface area contributed by atoms with Gasteiger partial charge in [-0.25, -0.2) is 0 Å². The van der Waals surface area contributed by atoms with Crippen LogP contribution in [0.2, 0.25) is 0 Å². The van der Waals surface area contributed by atoms with Crippen molar-refractivity contribution in [3.63, 3.8) is 0 Å². The van der Waals surface area contributed by atoms with Gasteiger partial charge in [0, 0.05) is 0 Å². The monoisotopic (exact) mass is 244 g/mol. The quantitative estimate of drug-likeness (QED) is 0.553. The van der Waals surface area contributed by atoms with E-state index >= 15 is 0 Å². The molecular weight excluding hydrogens is 224 g/mol. The highest BCUT2D eigenvalue weighted by atomic mass is 16.4. The fourth-order valence-corrected chi connectivity index (χ4v) is 1.99. The summed E-state index contributed by atoms with van der Waals surface area (Å²) in [6.45, 7) is 0. The van der Waals surface area contributed by atoms with Gasteiger partial charge in [0.1, 0.15) is 11.1 Å². The Morgan fingerprint density at radius 3 is 1.18 bits per heavy atom. The summed E-state index contributed by atoms with van der Waals surface area (Å²) in [5.74, 6) is -1.70. The lowest BCUT2D eigenvalue weighted by molar-refractivity contribution is -0.146. The van der Waals surface area contributed by atoms with Gasteiger partial charge in [-0.05, 0) is 32.1 Å². The molecule has 0 aromatic carbocycles. The van der Waals surface area contributed by atoms with Gasteiger partial charge in [0.15, 0.2) is 0 Å². The van der Waals surface area contributed by atoms with Gasteiger partial charge in [0.25, 0.3) is 0 Å². The third-order valence-electron chi connectivity index (χ3n) is 3.59. The molecule has 0 amide bonds. The normalized spacial score (nSPS) is 24.1. The maximum atomic E-state index is 10.4. The first-order valence-electron chi connectivity index (χ1n) is 5.85. The van der Waals surface area contributed by atoms with Crippen LogP contribution in [-0.4, -0.2) is 33.2 Å². The SMILES string of the molecule is NC1(C(=O)O)CCC1.NC1(C(=O)O)CCCC1. The van der Waals surface area contributed by atoms with E-state index in [1.54, 1.807) is 0 Å². The van der Waals surface area contributed by atoms with Crippen LogP contribution in [0.25, 0.3) is 0 Å². The molecule has 0 radical (unpaired) electrons. The van der Waals surface area contributed by atoms with Crippen LogP contribution >= 0.6 is 0 Å². The van der Waals surface area contributed by atoms with Gasteiger partial charge in [-0.3, -0.25) is 9.59 Å². The summed E-state index contributed by atoms with van der Waals surface area (Å²) in [7, 11) is 0. The molecule has 0 unspecified atom stereocenters. The Labute approximate surface area is 100.0 Å². The predicted octanol–water partition coefficient (Wildman–Crippen LogP) is 0.295. The van der Waals surface area contributed by atoms with Crippen LogP contribution in [0.3, 0.4) is 0 Å². The summed E-state index contributed by atoms with van der Waals surface area (Å²) in [5.41, 5.74) is 9.10. The number of hydrogen-bond donors (Lipinski definition) is 4. The zero-order chi connectivity index (χ0) is 13.1. The number of rotatable bonds is 2. The zero-order valence-corrected chi connectivity index (χ0v) is 9.82. The van der Waals surface area contributed by atoms with E-state index < -0.39 is 23.0 Å². The molecule has 2 fully saturated rings. The van der Waals surface area contributed by atoms with Crippen LogP contribution in [0.15, 0.2) is 0 Å². The number of hydrogen-bond acceptors (Lipinski definition) is 4. The first kappa shape index (κ1) is 13.9. The van der Waals surface area contributed by atoms with Crippen LogP contribution in [0.4, 0.5) is 0 Å². The standard InChI is InChI=1S/C6H11NO2.C5H9NO2/c7-6(5(8)9)3-1-2-4-6;6-5(4(7)8)2-1-3-5/h1-4,7H2,(H,8,9);1-3,6H2,(H,7,8). The second-order valence-corrected chi connectivity index (χ2v) is 4.98. The Kier molecular flexibility index (Phi) is 4.11. The highest BCUT2D eigenvalue weighted by molar-refractivity contribution is 5.79. The Morgan fingerprint density at radius 1 is 0.765 bits per heavy atom. The van der Waals surface area contributed by atoms with Crippen molar-refractivity contribution in [2.45, 2.75) is 56.0 Å². The Bertz CT molecular complexity index is 307. The smallest absolute Gasteiger partial charge is 0.323 e. The van der Waals surface area contributed by atoms with Gasteiger partial charge >= 0.3 is 11.9 Å². The van der Waals surface area contributed by atoms with Gasteiger partial charge in [-0.1, -0.05) is 12.8 Å². The van der Waals surface area contributed by atoms with Gasteiger partial charge in [0.2, 0.25) is 0 Å². The van der Waals surface area contributed by atoms with Gasteiger partial charge in [-0.15, -0.1) is 0 Å². The van der Waals surface area contributed by atoms with Crippen molar-refractivity contribution in [2.75, 3.05) is 0 Å².